The summed E-state index contributed by atoms with van der Waals surface area (Å²) in [6, 6.07) is 0. The Labute approximate surface area is 115 Å². The Hall–Kier alpha value is -1.12. The van der Waals surface area contributed by atoms with E-state index >= 15 is 0 Å². The summed E-state index contributed by atoms with van der Waals surface area (Å²) in [4.78, 5) is 23.4. The molecule has 3 heteroatoms. The number of carbonyl (C=O) groups excluding carboxylic acids is 2. The van der Waals surface area contributed by atoms with E-state index in [1.807, 2.05) is 6.08 Å². The maximum absolute atomic E-state index is 11.8. The van der Waals surface area contributed by atoms with Crippen molar-refractivity contribution in [1.29, 1.82) is 0 Å². The van der Waals surface area contributed by atoms with Gasteiger partial charge in [0.2, 0.25) is 0 Å². The van der Waals surface area contributed by atoms with Crippen molar-refractivity contribution in [3.8, 4) is 0 Å². The van der Waals surface area contributed by atoms with Gasteiger partial charge in [0.25, 0.3) is 0 Å². The smallest absolute Gasteiger partial charge is 0.316 e. The van der Waals surface area contributed by atoms with Crippen molar-refractivity contribution < 1.29 is 14.3 Å². The molecule has 0 aromatic rings. The minimum Gasteiger partial charge on any atom is -0.461 e. The first kappa shape index (κ1) is 14.3. The highest BCUT2D eigenvalue weighted by Crippen LogP contribution is 2.24. The number of ether oxygens (including phenoxy) is 1. The molecule has 0 N–H and O–H groups in total. The molecule has 3 nitrogen and oxygen atoms in total. The molecule has 0 saturated heterocycles. The average molecular weight is 264 g/mol. The van der Waals surface area contributed by atoms with Crippen LogP contribution in [0.2, 0.25) is 0 Å². The molecule has 106 valence electrons. The number of hydrogen-bond acceptors (Lipinski definition) is 3. The molecular weight excluding hydrogens is 240 g/mol. The van der Waals surface area contributed by atoms with Gasteiger partial charge in [-0.2, -0.15) is 0 Å². The quantitative estimate of drug-likeness (QED) is 0.444. The number of rotatable bonds is 4. The fraction of sp³-hybridized carbons (Fsp3) is 0.750. The SMILES string of the molecule is O=C1CCCCC1C(=O)OC/C=C/C1CCCCC1. The van der Waals surface area contributed by atoms with Gasteiger partial charge in [-0.1, -0.05) is 37.8 Å². The van der Waals surface area contributed by atoms with Gasteiger partial charge in [0.1, 0.15) is 18.3 Å². The van der Waals surface area contributed by atoms with Crippen LogP contribution in [-0.4, -0.2) is 18.4 Å². The van der Waals surface area contributed by atoms with Crippen LogP contribution in [0.25, 0.3) is 0 Å². The van der Waals surface area contributed by atoms with E-state index in [1.54, 1.807) is 0 Å². The summed E-state index contributed by atoms with van der Waals surface area (Å²) in [5.74, 6) is -0.0916. The van der Waals surface area contributed by atoms with Crippen molar-refractivity contribution in [2.45, 2.75) is 57.8 Å². The van der Waals surface area contributed by atoms with Gasteiger partial charge >= 0.3 is 5.97 Å². The molecule has 2 rings (SSSR count). The summed E-state index contributed by atoms with van der Waals surface area (Å²) in [6.45, 7) is 0.319. The molecule has 2 aliphatic rings. The van der Waals surface area contributed by atoms with E-state index in [2.05, 4.69) is 6.08 Å². The van der Waals surface area contributed by atoms with E-state index in [0.29, 0.717) is 25.4 Å². The second kappa shape index (κ2) is 7.46. The Bertz CT molecular complexity index is 340. The molecule has 2 fully saturated rings. The van der Waals surface area contributed by atoms with Gasteiger partial charge in [0.05, 0.1) is 0 Å². The fourth-order valence-corrected chi connectivity index (χ4v) is 3.04. The third-order valence-corrected chi connectivity index (χ3v) is 4.22. The number of allylic oxidation sites excluding steroid dienone is 1. The molecule has 0 aromatic heterocycles. The highest BCUT2D eigenvalue weighted by molar-refractivity contribution is 5.99. The van der Waals surface area contributed by atoms with Crippen molar-refractivity contribution in [1.82, 2.24) is 0 Å². The number of ketones is 1. The highest BCUT2D eigenvalue weighted by Gasteiger charge is 2.29. The monoisotopic (exact) mass is 264 g/mol. The van der Waals surface area contributed by atoms with E-state index in [4.69, 9.17) is 4.74 Å². The van der Waals surface area contributed by atoms with Crippen LogP contribution >= 0.6 is 0 Å². The number of carbonyl (C=O) groups is 2. The summed E-state index contributed by atoms with van der Waals surface area (Å²) in [6.07, 6.45) is 13.7. The first-order valence-corrected chi connectivity index (χ1v) is 7.63. The van der Waals surface area contributed by atoms with Crippen LogP contribution in [0.5, 0.6) is 0 Å². The minimum atomic E-state index is -0.489. The Morgan fingerprint density at radius 1 is 1.11 bits per heavy atom. The zero-order chi connectivity index (χ0) is 13.5. The highest BCUT2D eigenvalue weighted by atomic mass is 16.5. The summed E-state index contributed by atoms with van der Waals surface area (Å²) in [5, 5.41) is 0. The van der Waals surface area contributed by atoms with E-state index in [0.717, 1.165) is 12.8 Å². The average Bonchev–Trinajstić information content (AvgIpc) is 2.45. The van der Waals surface area contributed by atoms with Crippen molar-refractivity contribution in [3.63, 3.8) is 0 Å². The van der Waals surface area contributed by atoms with Crippen molar-refractivity contribution in [2.24, 2.45) is 11.8 Å². The lowest BCUT2D eigenvalue weighted by Gasteiger charge is -2.19. The van der Waals surface area contributed by atoms with Gasteiger partial charge in [-0.25, -0.2) is 0 Å². The Kier molecular flexibility index (Phi) is 5.62. The molecule has 1 atom stereocenters. The fourth-order valence-electron chi connectivity index (χ4n) is 3.04. The summed E-state index contributed by atoms with van der Waals surface area (Å²) in [7, 11) is 0. The molecule has 0 heterocycles. The van der Waals surface area contributed by atoms with Crippen LogP contribution in [0.4, 0.5) is 0 Å². The van der Waals surface area contributed by atoms with Crippen molar-refractivity contribution >= 4 is 11.8 Å². The van der Waals surface area contributed by atoms with Gasteiger partial charge in [-0.05, 0) is 31.6 Å². The first-order chi connectivity index (χ1) is 9.27. The predicted molar refractivity (Wildman–Crippen MR) is 73.6 cm³/mol. The van der Waals surface area contributed by atoms with E-state index < -0.39 is 5.92 Å². The van der Waals surface area contributed by atoms with Crippen LogP contribution < -0.4 is 0 Å². The van der Waals surface area contributed by atoms with Gasteiger partial charge in [-0.3, -0.25) is 9.59 Å². The molecule has 0 aromatic carbocycles. The topological polar surface area (TPSA) is 43.4 Å². The van der Waals surface area contributed by atoms with E-state index in [-0.39, 0.29) is 11.8 Å². The molecule has 0 radical (unpaired) electrons. The minimum absolute atomic E-state index is 0.0625. The molecule has 0 bridgehead atoms. The molecule has 2 saturated carbocycles. The van der Waals surface area contributed by atoms with Crippen LogP contribution in [0.15, 0.2) is 12.2 Å². The molecule has 0 amide bonds. The van der Waals surface area contributed by atoms with Crippen molar-refractivity contribution in [3.05, 3.63) is 12.2 Å². The lowest BCUT2D eigenvalue weighted by molar-refractivity contribution is -0.152. The zero-order valence-electron chi connectivity index (χ0n) is 11.6. The van der Waals surface area contributed by atoms with E-state index in [9.17, 15) is 9.59 Å². The maximum atomic E-state index is 11.8. The lowest BCUT2D eigenvalue weighted by Crippen LogP contribution is -2.28. The molecule has 0 spiro atoms. The van der Waals surface area contributed by atoms with E-state index in [1.165, 1.54) is 32.1 Å². The normalized spacial score (nSPS) is 25.7. The maximum Gasteiger partial charge on any atom is 0.316 e. The Morgan fingerprint density at radius 2 is 1.84 bits per heavy atom. The van der Waals surface area contributed by atoms with Gasteiger partial charge < -0.3 is 4.74 Å². The Balaban J connectivity index is 1.68. The van der Waals surface area contributed by atoms with Gasteiger partial charge in [-0.15, -0.1) is 0 Å². The van der Waals surface area contributed by atoms with Gasteiger partial charge in [0.15, 0.2) is 0 Å². The standard InChI is InChI=1S/C16H24O3/c17-15-11-5-4-10-14(15)16(18)19-12-6-9-13-7-2-1-3-8-13/h6,9,13-14H,1-5,7-8,10-12H2/b9-6+. The number of Topliss-reactive ketones (excluding diaryl/α,β-unsaturated/α-hetero) is 1. The van der Waals surface area contributed by atoms with Crippen LogP contribution in [0.3, 0.4) is 0 Å². The lowest BCUT2D eigenvalue weighted by atomic mass is 9.88. The molecule has 2 aliphatic carbocycles. The second-order valence-corrected chi connectivity index (χ2v) is 5.72. The Morgan fingerprint density at radius 3 is 2.58 bits per heavy atom. The molecule has 0 aliphatic heterocycles. The predicted octanol–water partition coefficient (Wildman–Crippen LogP) is 3.43. The summed E-state index contributed by atoms with van der Waals surface area (Å²) >= 11 is 0. The second-order valence-electron chi connectivity index (χ2n) is 5.72. The van der Waals surface area contributed by atoms with Crippen LogP contribution in [0.1, 0.15) is 57.8 Å². The summed E-state index contributed by atoms with van der Waals surface area (Å²) in [5.41, 5.74) is 0. The molecule has 19 heavy (non-hydrogen) atoms. The first-order valence-electron chi connectivity index (χ1n) is 7.63. The third kappa shape index (κ3) is 4.48. The molecular formula is C16H24O3. The number of hydrogen-bond donors (Lipinski definition) is 0. The van der Waals surface area contributed by atoms with Crippen LogP contribution in [0, 0.1) is 11.8 Å². The summed E-state index contributed by atoms with van der Waals surface area (Å²) < 4.78 is 5.20. The molecule has 1 unspecified atom stereocenters. The van der Waals surface area contributed by atoms with Gasteiger partial charge in [0, 0.05) is 6.42 Å². The zero-order valence-corrected chi connectivity index (χ0v) is 11.6. The van der Waals surface area contributed by atoms with Crippen LogP contribution in [-0.2, 0) is 14.3 Å². The largest absolute Gasteiger partial charge is 0.461 e. The van der Waals surface area contributed by atoms with Crippen molar-refractivity contribution in [2.75, 3.05) is 6.61 Å². The number of esters is 1. The third-order valence-electron chi connectivity index (χ3n) is 4.22.